The Hall–Kier alpha value is -1.20. The minimum atomic E-state index is -0.117. The molecule has 18 heavy (non-hydrogen) atoms. The largest absolute Gasteiger partial charge is 0.345 e. The van der Waals surface area contributed by atoms with Gasteiger partial charge in [-0.2, -0.15) is 0 Å². The van der Waals surface area contributed by atoms with E-state index in [0.717, 1.165) is 4.88 Å². The van der Waals surface area contributed by atoms with Crippen LogP contribution >= 0.6 is 27.3 Å². The Morgan fingerprint density at radius 2 is 2.22 bits per heavy atom. The minimum Gasteiger partial charge on any atom is -0.345 e. The topological polar surface area (TPSA) is 42.0 Å². The number of halogens is 1. The van der Waals surface area contributed by atoms with E-state index in [1.54, 1.807) is 29.7 Å². The van der Waals surface area contributed by atoms with E-state index in [0.29, 0.717) is 10.2 Å². The van der Waals surface area contributed by atoms with Gasteiger partial charge in [0.2, 0.25) is 0 Å². The summed E-state index contributed by atoms with van der Waals surface area (Å²) in [7, 11) is 0. The van der Waals surface area contributed by atoms with Crippen molar-refractivity contribution in [3.05, 3.63) is 50.4 Å². The van der Waals surface area contributed by atoms with Crippen LogP contribution < -0.4 is 5.32 Å². The summed E-state index contributed by atoms with van der Waals surface area (Å²) >= 11 is 4.97. The molecule has 0 aliphatic heterocycles. The van der Waals surface area contributed by atoms with Gasteiger partial charge in [0, 0.05) is 16.0 Å². The summed E-state index contributed by atoms with van der Waals surface area (Å²) in [6.07, 6.45) is 1.65. The van der Waals surface area contributed by atoms with Crippen LogP contribution in [0.5, 0.6) is 0 Å². The summed E-state index contributed by atoms with van der Waals surface area (Å²) in [5.74, 6) is -0.117. The molecule has 2 aromatic rings. The molecule has 2 rings (SSSR count). The lowest BCUT2D eigenvalue weighted by atomic mass is 10.2. The normalized spacial score (nSPS) is 12.2. The average molecular weight is 325 g/mol. The Kier molecular flexibility index (Phi) is 4.14. The Bertz CT molecular complexity index is 568. The zero-order valence-electron chi connectivity index (χ0n) is 10.1. The van der Waals surface area contributed by atoms with Crippen molar-refractivity contribution in [2.45, 2.75) is 19.9 Å². The smallest absolute Gasteiger partial charge is 0.254 e. The lowest BCUT2D eigenvalue weighted by Crippen LogP contribution is -2.26. The summed E-state index contributed by atoms with van der Waals surface area (Å²) < 4.78 is 0.567. The van der Waals surface area contributed by atoms with Crippen molar-refractivity contribution < 1.29 is 4.79 Å². The number of rotatable bonds is 3. The summed E-state index contributed by atoms with van der Waals surface area (Å²) in [5, 5.41) is 2.97. The molecule has 2 aromatic heterocycles. The Labute approximate surface area is 118 Å². The highest BCUT2D eigenvalue weighted by atomic mass is 79.9. The van der Waals surface area contributed by atoms with E-state index in [4.69, 9.17) is 0 Å². The molecule has 0 aromatic carbocycles. The van der Waals surface area contributed by atoms with Crippen LogP contribution in [0.25, 0.3) is 0 Å². The molecule has 1 unspecified atom stereocenters. The standard InChI is InChI=1S/C13H13BrN2OS/c1-8-5-6-11(18-8)9(2)16-13(17)10-4-3-7-15-12(10)14/h3-7,9H,1-2H3,(H,16,17). The van der Waals surface area contributed by atoms with Gasteiger partial charge in [-0.1, -0.05) is 0 Å². The van der Waals surface area contributed by atoms with Gasteiger partial charge in [-0.25, -0.2) is 4.98 Å². The van der Waals surface area contributed by atoms with Crippen molar-refractivity contribution >= 4 is 33.2 Å². The van der Waals surface area contributed by atoms with E-state index >= 15 is 0 Å². The van der Waals surface area contributed by atoms with Gasteiger partial charge in [0.1, 0.15) is 4.60 Å². The maximum Gasteiger partial charge on any atom is 0.254 e. The number of carbonyl (C=O) groups is 1. The van der Waals surface area contributed by atoms with Gasteiger partial charge in [-0.05, 0) is 54.0 Å². The molecule has 0 saturated carbocycles. The molecule has 0 fully saturated rings. The summed E-state index contributed by atoms with van der Waals surface area (Å²) in [5.41, 5.74) is 0.553. The number of nitrogens with one attached hydrogen (secondary N) is 1. The molecule has 3 nitrogen and oxygen atoms in total. The summed E-state index contributed by atoms with van der Waals surface area (Å²) in [4.78, 5) is 18.5. The number of pyridine rings is 1. The van der Waals surface area contributed by atoms with Gasteiger partial charge in [0.25, 0.3) is 5.91 Å². The van der Waals surface area contributed by atoms with E-state index < -0.39 is 0 Å². The second kappa shape index (κ2) is 5.63. The number of hydrogen-bond donors (Lipinski definition) is 1. The third-order valence-corrected chi connectivity index (χ3v) is 4.35. The number of hydrogen-bond acceptors (Lipinski definition) is 3. The second-order valence-corrected chi connectivity index (χ2v) is 6.06. The molecular weight excluding hydrogens is 312 g/mol. The highest BCUT2D eigenvalue weighted by molar-refractivity contribution is 9.10. The zero-order valence-corrected chi connectivity index (χ0v) is 12.5. The van der Waals surface area contributed by atoms with Crippen molar-refractivity contribution in [1.82, 2.24) is 10.3 Å². The number of aromatic nitrogens is 1. The molecule has 1 amide bonds. The summed E-state index contributed by atoms with van der Waals surface area (Å²) in [6.45, 7) is 4.04. The fraction of sp³-hybridized carbons (Fsp3) is 0.231. The Morgan fingerprint density at radius 3 is 2.83 bits per heavy atom. The van der Waals surface area contributed by atoms with Crippen molar-refractivity contribution in [1.29, 1.82) is 0 Å². The van der Waals surface area contributed by atoms with Crippen LogP contribution in [0, 0.1) is 6.92 Å². The van der Waals surface area contributed by atoms with Gasteiger partial charge in [0.15, 0.2) is 0 Å². The lowest BCUT2D eigenvalue weighted by Gasteiger charge is -2.12. The Morgan fingerprint density at radius 1 is 1.44 bits per heavy atom. The molecular formula is C13H13BrN2OS. The molecule has 0 radical (unpaired) electrons. The number of carbonyl (C=O) groups excluding carboxylic acids is 1. The maximum atomic E-state index is 12.1. The Balaban J connectivity index is 2.10. The summed E-state index contributed by atoms with van der Waals surface area (Å²) in [6, 6.07) is 7.60. The van der Waals surface area contributed by atoms with Gasteiger partial charge in [-0.3, -0.25) is 4.79 Å². The molecule has 0 saturated heterocycles. The van der Waals surface area contributed by atoms with Crippen LogP contribution in [0.2, 0.25) is 0 Å². The molecule has 0 aliphatic carbocycles. The molecule has 1 N–H and O–H groups in total. The van der Waals surface area contributed by atoms with Crippen molar-refractivity contribution in [2.75, 3.05) is 0 Å². The van der Waals surface area contributed by atoms with E-state index in [9.17, 15) is 4.79 Å². The third kappa shape index (κ3) is 2.97. The molecule has 0 aliphatic rings. The molecule has 5 heteroatoms. The first-order valence-corrected chi connectivity index (χ1v) is 7.16. The molecule has 0 bridgehead atoms. The third-order valence-electron chi connectivity index (χ3n) is 2.54. The van der Waals surface area contributed by atoms with Gasteiger partial charge in [0.05, 0.1) is 11.6 Å². The van der Waals surface area contributed by atoms with Crippen LogP contribution in [-0.2, 0) is 0 Å². The van der Waals surface area contributed by atoms with Gasteiger partial charge in [-0.15, -0.1) is 11.3 Å². The second-order valence-electron chi connectivity index (χ2n) is 3.99. The van der Waals surface area contributed by atoms with Crippen LogP contribution in [0.1, 0.15) is 33.1 Å². The first-order chi connectivity index (χ1) is 8.58. The minimum absolute atomic E-state index is 0.00306. The predicted molar refractivity (Wildman–Crippen MR) is 76.9 cm³/mol. The van der Waals surface area contributed by atoms with E-state index in [2.05, 4.69) is 39.2 Å². The van der Waals surface area contributed by atoms with Gasteiger partial charge < -0.3 is 5.32 Å². The first-order valence-electron chi connectivity index (χ1n) is 5.55. The van der Waals surface area contributed by atoms with Crippen LogP contribution in [0.15, 0.2) is 35.1 Å². The van der Waals surface area contributed by atoms with Crippen LogP contribution in [0.4, 0.5) is 0 Å². The predicted octanol–water partition coefficient (Wildman–Crippen LogP) is 3.71. The van der Waals surface area contributed by atoms with Crippen molar-refractivity contribution in [2.24, 2.45) is 0 Å². The number of amides is 1. The molecule has 0 spiro atoms. The van der Waals surface area contributed by atoms with Gasteiger partial charge >= 0.3 is 0 Å². The van der Waals surface area contributed by atoms with E-state index in [1.807, 2.05) is 13.0 Å². The number of aryl methyl sites for hydroxylation is 1. The molecule has 2 heterocycles. The first kappa shape index (κ1) is 13.2. The highest BCUT2D eigenvalue weighted by Crippen LogP contribution is 2.23. The molecule has 1 atom stereocenters. The fourth-order valence-electron chi connectivity index (χ4n) is 1.59. The van der Waals surface area contributed by atoms with E-state index in [1.165, 1.54) is 4.88 Å². The van der Waals surface area contributed by atoms with Crippen LogP contribution in [-0.4, -0.2) is 10.9 Å². The lowest BCUT2D eigenvalue weighted by molar-refractivity contribution is 0.0939. The maximum absolute atomic E-state index is 12.1. The number of thiophene rings is 1. The quantitative estimate of drug-likeness (QED) is 0.874. The highest BCUT2D eigenvalue weighted by Gasteiger charge is 2.15. The zero-order chi connectivity index (χ0) is 13.1. The SMILES string of the molecule is Cc1ccc(C(C)NC(=O)c2cccnc2Br)s1. The fourth-order valence-corrected chi connectivity index (χ4v) is 2.90. The van der Waals surface area contributed by atoms with E-state index in [-0.39, 0.29) is 11.9 Å². The average Bonchev–Trinajstić information content (AvgIpc) is 2.76. The van der Waals surface area contributed by atoms with Crippen molar-refractivity contribution in [3.63, 3.8) is 0 Å². The van der Waals surface area contributed by atoms with Crippen molar-refractivity contribution in [3.8, 4) is 0 Å². The molecule has 94 valence electrons. The number of nitrogens with zero attached hydrogens (tertiary/aromatic N) is 1. The van der Waals surface area contributed by atoms with Crippen LogP contribution in [0.3, 0.4) is 0 Å². The monoisotopic (exact) mass is 324 g/mol.